The molecule has 0 fully saturated rings. The van der Waals surface area contributed by atoms with Gasteiger partial charge in [-0.2, -0.15) is 0 Å². The van der Waals surface area contributed by atoms with E-state index in [1.54, 1.807) is 6.20 Å². The average molecular weight is 228 g/mol. The third-order valence-corrected chi connectivity index (χ3v) is 2.36. The molecule has 0 radical (unpaired) electrons. The first-order valence-corrected chi connectivity index (χ1v) is 5.63. The minimum atomic E-state index is 0.563. The highest BCUT2D eigenvalue weighted by Gasteiger charge is 1.99. The number of rotatable bonds is 4. The van der Waals surface area contributed by atoms with E-state index in [1.165, 1.54) is 5.56 Å². The summed E-state index contributed by atoms with van der Waals surface area (Å²) in [6, 6.07) is 10.0. The molecular formula is C13H16N4. The molecule has 0 saturated carbocycles. The topological polar surface area (TPSA) is 63.8 Å². The normalized spacial score (nSPS) is 10.2. The molecule has 0 amide bonds. The lowest BCUT2D eigenvalue weighted by Gasteiger charge is -2.07. The Labute approximate surface area is 101 Å². The molecule has 0 atom stereocenters. The molecule has 2 aromatic rings. The second-order valence-electron chi connectivity index (χ2n) is 3.89. The van der Waals surface area contributed by atoms with Gasteiger partial charge in [0.25, 0.3) is 0 Å². The van der Waals surface area contributed by atoms with Crippen LogP contribution in [0.15, 0.2) is 36.5 Å². The smallest absolute Gasteiger partial charge is 0.134 e. The predicted octanol–water partition coefficient (Wildman–Crippen LogP) is 2.03. The largest absolute Gasteiger partial charge is 0.340 e. The maximum Gasteiger partial charge on any atom is 0.134 e. The van der Waals surface area contributed by atoms with Crippen LogP contribution < -0.4 is 11.1 Å². The van der Waals surface area contributed by atoms with Crippen LogP contribution in [0.3, 0.4) is 0 Å². The van der Waals surface area contributed by atoms with Crippen molar-refractivity contribution in [2.75, 3.05) is 11.9 Å². The van der Waals surface area contributed by atoms with Gasteiger partial charge in [0.05, 0.1) is 0 Å². The summed E-state index contributed by atoms with van der Waals surface area (Å²) in [5.41, 5.74) is 7.73. The summed E-state index contributed by atoms with van der Waals surface area (Å²) in [6.45, 7) is 2.62. The Kier molecular flexibility index (Phi) is 3.67. The van der Waals surface area contributed by atoms with Crippen molar-refractivity contribution in [3.8, 4) is 0 Å². The van der Waals surface area contributed by atoms with Gasteiger partial charge in [-0.25, -0.2) is 9.97 Å². The van der Waals surface area contributed by atoms with Crippen LogP contribution in [-0.4, -0.2) is 16.5 Å². The Morgan fingerprint density at radius 3 is 2.94 bits per heavy atom. The van der Waals surface area contributed by atoms with Crippen molar-refractivity contribution in [3.05, 3.63) is 47.9 Å². The lowest BCUT2D eigenvalue weighted by atomic mass is 10.2. The highest BCUT2D eigenvalue weighted by molar-refractivity contribution is 5.56. The molecule has 0 aliphatic carbocycles. The number of aryl methyl sites for hydroxylation is 1. The Morgan fingerprint density at radius 2 is 2.18 bits per heavy atom. The highest BCUT2D eigenvalue weighted by atomic mass is 15.0. The first kappa shape index (κ1) is 11.5. The molecule has 3 N–H and O–H groups in total. The molecular weight excluding hydrogens is 212 g/mol. The van der Waals surface area contributed by atoms with Crippen LogP contribution in [0.25, 0.3) is 0 Å². The van der Waals surface area contributed by atoms with Gasteiger partial charge in [-0.15, -0.1) is 0 Å². The Bertz CT molecular complexity index is 496. The molecule has 17 heavy (non-hydrogen) atoms. The van der Waals surface area contributed by atoms with Crippen LogP contribution in [0.5, 0.6) is 0 Å². The molecule has 88 valence electrons. The van der Waals surface area contributed by atoms with E-state index < -0.39 is 0 Å². The maximum atomic E-state index is 5.48. The summed E-state index contributed by atoms with van der Waals surface area (Å²) in [5.74, 6) is 1.57. The number of nitrogens with zero attached hydrogens (tertiary/aromatic N) is 2. The van der Waals surface area contributed by atoms with E-state index in [2.05, 4.69) is 34.3 Å². The summed E-state index contributed by atoms with van der Waals surface area (Å²) in [7, 11) is 0. The molecule has 2 rings (SSSR count). The number of nitrogens with two attached hydrogens (primary N) is 1. The van der Waals surface area contributed by atoms with Crippen LogP contribution in [0.2, 0.25) is 0 Å². The summed E-state index contributed by atoms with van der Waals surface area (Å²) >= 11 is 0. The predicted molar refractivity (Wildman–Crippen MR) is 69.3 cm³/mol. The molecule has 1 aromatic carbocycles. The van der Waals surface area contributed by atoms with E-state index in [4.69, 9.17) is 5.73 Å². The lowest BCUT2D eigenvalue weighted by Crippen LogP contribution is -2.07. The minimum Gasteiger partial charge on any atom is -0.340 e. The Hall–Kier alpha value is -1.94. The molecule has 1 aromatic heterocycles. The number of benzene rings is 1. The Balaban J connectivity index is 2.15. The van der Waals surface area contributed by atoms with Crippen molar-refractivity contribution in [1.29, 1.82) is 0 Å². The summed E-state index contributed by atoms with van der Waals surface area (Å²) in [6.07, 6.45) is 2.44. The van der Waals surface area contributed by atoms with E-state index >= 15 is 0 Å². The molecule has 1 heterocycles. The van der Waals surface area contributed by atoms with E-state index in [1.807, 2.05) is 18.2 Å². The molecule has 0 aliphatic rings. The summed E-state index contributed by atoms with van der Waals surface area (Å²) < 4.78 is 0. The zero-order valence-electron chi connectivity index (χ0n) is 9.85. The van der Waals surface area contributed by atoms with E-state index in [9.17, 15) is 0 Å². The summed E-state index contributed by atoms with van der Waals surface area (Å²) in [5, 5.41) is 3.25. The fourth-order valence-electron chi connectivity index (χ4n) is 1.59. The van der Waals surface area contributed by atoms with Gasteiger partial charge in [-0.05, 0) is 37.2 Å². The van der Waals surface area contributed by atoms with Crippen molar-refractivity contribution in [1.82, 2.24) is 9.97 Å². The molecule has 0 saturated heterocycles. The molecule has 0 spiro atoms. The second kappa shape index (κ2) is 5.41. The van der Waals surface area contributed by atoms with Gasteiger partial charge in [0.2, 0.25) is 0 Å². The number of nitrogens with one attached hydrogen (secondary N) is 1. The van der Waals surface area contributed by atoms with Gasteiger partial charge in [0.15, 0.2) is 0 Å². The van der Waals surface area contributed by atoms with Crippen LogP contribution in [0.1, 0.15) is 11.4 Å². The third-order valence-electron chi connectivity index (χ3n) is 2.36. The zero-order chi connectivity index (χ0) is 12.1. The summed E-state index contributed by atoms with van der Waals surface area (Å²) in [4.78, 5) is 8.54. The zero-order valence-corrected chi connectivity index (χ0v) is 9.85. The Morgan fingerprint density at radius 1 is 1.29 bits per heavy atom. The standard InChI is InChI=1S/C13H16N4/c1-10-3-2-4-11(9-10)16-13-6-8-15-12(17-13)5-7-14/h2-4,6,8-9H,5,7,14H2,1H3,(H,15,16,17). The number of aromatic nitrogens is 2. The van der Waals surface area contributed by atoms with E-state index in [-0.39, 0.29) is 0 Å². The van der Waals surface area contributed by atoms with E-state index in [0.29, 0.717) is 13.0 Å². The van der Waals surface area contributed by atoms with Gasteiger partial charge in [0.1, 0.15) is 11.6 Å². The molecule has 0 unspecified atom stereocenters. The van der Waals surface area contributed by atoms with Crippen molar-refractivity contribution in [3.63, 3.8) is 0 Å². The molecule has 4 nitrogen and oxygen atoms in total. The fraction of sp³-hybridized carbons (Fsp3) is 0.231. The quantitative estimate of drug-likeness (QED) is 0.840. The molecule has 0 bridgehead atoms. The second-order valence-corrected chi connectivity index (χ2v) is 3.89. The van der Waals surface area contributed by atoms with Crippen molar-refractivity contribution in [2.45, 2.75) is 13.3 Å². The number of anilines is 2. The van der Waals surface area contributed by atoms with Gasteiger partial charge >= 0.3 is 0 Å². The average Bonchev–Trinajstić information content (AvgIpc) is 2.30. The van der Waals surface area contributed by atoms with Crippen molar-refractivity contribution < 1.29 is 0 Å². The van der Waals surface area contributed by atoms with Gasteiger partial charge < -0.3 is 11.1 Å². The van der Waals surface area contributed by atoms with Crippen LogP contribution >= 0.6 is 0 Å². The van der Waals surface area contributed by atoms with Gasteiger partial charge in [-0.1, -0.05) is 12.1 Å². The van der Waals surface area contributed by atoms with Crippen LogP contribution in [0, 0.1) is 6.92 Å². The van der Waals surface area contributed by atoms with E-state index in [0.717, 1.165) is 17.3 Å². The van der Waals surface area contributed by atoms with Gasteiger partial charge in [-0.3, -0.25) is 0 Å². The van der Waals surface area contributed by atoms with Crippen molar-refractivity contribution in [2.24, 2.45) is 5.73 Å². The first-order valence-electron chi connectivity index (χ1n) is 5.63. The SMILES string of the molecule is Cc1cccc(Nc2ccnc(CCN)n2)c1. The fourth-order valence-corrected chi connectivity index (χ4v) is 1.59. The van der Waals surface area contributed by atoms with Crippen LogP contribution in [0.4, 0.5) is 11.5 Å². The minimum absolute atomic E-state index is 0.563. The monoisotopic (exact) mass is 228 g/mol. The molecule has 0 aliphatic heterocycles. The first-order chi connectivity index (χ1) is 8.28. The highest BCUT2D eigenvalue weighted by Crippen LogP contribution is 2.15. The van der Waals surface area contributed by atoms with Crippen LogP contribution in [-0.2, 0) is 6.42 Å². The lowest BCUT2D eigenvalue weighted by molar-refractivity contribution is 0.870. The van der Waals surface area contributed by atoms with Crippen molar-refractivity contribution >= 4 is 11.5 Å². The maximum absolute atomic E-state index is 5.48. The van der Waals surface area contributed by atoms with Gasteiger partial charge in [0, 0.05) is 18.3 Å². The molecule has 4 heteroatoms. The number of hydrogen-bond donors (Lipinski definition) is 2. The number of hydrogen-bond acceptors (Lipinski definition) is 4. The third kappa shape index (κ3) is 3.26.